The van der Waals surface area contributed by atoms with Crippen molar-refractivity contribution in [2.75, 3.05) is 0 Å². The smallest absolute Gasteiger partial charge is 0.195 e. The van der Waals surface area contributed by atoms with Gasteiger partial charge in [-0.25, -0.2) is 0 Å². The predicted octanol–water partition coefficient (Wildman–Crippen LogP) is 5.55. The number of hydrogen-bond acceptors (Lipinski definition) is 4. The standard InChI is InChI=1S/C23H17N3S/c1-4-10-17(11-5-1)20-16-27-23-25-24-21(18-12-6-2-7-13-18)22(26(20)23)19-14-8-3-9-15-19/h1-16,22H/t22-/m0/s1. The molecule has 0 unspecified atom stereocenters. The van der Waals surface area contributed by atoms with E-state index in [2.05, 4.69) is 81.2 Å². The third-order valence-corrected chi connectivity index (χ3v) is 5.59. The van der Waals surface area contributed by atoms with Crippen molar-refractivity contribution in [1.29, 1.82) is 0 Å². The van der Waals surface area contributed by atoms with E-state index >= 15 is 0 Å². The molecule has 0 radical (unpaired) electrons. The zero-order valence-corrected chi connectivity index (χ0v) is 15.4. The van der Waals surface area contributed by atoms with E-state index in [0.29, 0.717) is 0 Å². The number of hydrogen-bond donors (Lipinski definition) is 0. The summed E-state index contributed by atoms with van der Waals surface area (Å²) in [6, 6.07) is 31.3. The van der Waals surface area contributed by atoms with Gasteiger partial charge in [-0.1, -0.05) is 103 Å². The Morgan fingerprint density at radius 2 is 1.26 bits per heavy atom. The molecule has 0 aromatic heterocycles. The molecule has 0 bridgehead atoms. The molecule has 5 rings (SSSR count). The molecule has 3 aromatic carbocycles. The summed E-state index contributed by atoms with van der Waals surface area (Å²) in [6.07, 6.45) is 0. The lowest BCUT2D eigenvalue weighted by molar-refractivity contribution is 0.532. The number of benzene rings is 3. The Balaban J connectivity index is 1.66. The third kappa shape index (κ3) is 2.88. The quantitative estimate of drug-likeness (QED) is 0.607. The Morgan fingerprint density at radius 1 is 0.667 bits per heavy atom. The van der Waals surface area contributed by atoms with Crippen molar-refractivity contribution in [1.82, 2.24) is 4.90 Å². The highest BCUT2D eigenvalue weighted by molar-refractivity contribution is 8.16. The molecule has 2 aliphatic rings. The maximum Gasteiger partial charge on any atom is 0.195 e. The van der Waals surface area contributed by atoms with Crippen LogP contribution in [-0.2, 0) is 0 Å². The van der Waals surface area contributed by atoms with Gasteiger partial charge in [-0.2, -0.15) is 0 Å². The monoisotopic (exact) mass is 367 g/mol. The van der Waals surface area contributed by atoms with Crippen molar-refractivity contribution in [3.8, 4) is 0 Å². The van der Waals surface area contributed by atoms with Crippen LogP contribution in [0.1, 0.15) is 22.7 Å². The minimum Gasteiger partial charge on any atom is -0.305 e. The molecule has 2 aliphatic heterocycles. The maximum atomic E-state index is 4.64. The zero-order valence-electron chi connectivity index (χ0n) is 14.6. The van der Waals surface area contributed by atoms with Gasteiger partial charge >= 0.3 is 0 Å². The van der Waals surface area contributed by atoms with Crippen molar-refractivity contribution in [2.24, 2.45) is 10.2 Å². The van der Waals surface area contributed by atoms with E-state index in [-0.39, 0.29) is 6.04 Å². The van der Waals surface area contributed by atoms with Crippen LogP contribution in [0, 0.1) is 0 Å². The second-order valence-corrected chi connectivity index (χ2v) is 7.24. The molecular formula is C23H17N3S. The average Bonchev–Trinajstić information content (AvgIpc) is 3.19. The van der Waals surface area contributed by atoms with Gasteiger partial charge in [-0.15, -0.1) is 10.2 Å². The molecule has 3 nitrogen and oxygen atoms in total. The first-order valence-electron chi connectivity index (χ1n) is 8.89. The largest absolute Gasteiger partial charge is 0.305 e. The highest BCUT2D eigenvalue weighted by Gasteiger charge is 2.38. The minimum atomic E-state index is -0.0115. The first-order valence-corrected chi connectivity index (χ1v) is 9.77. The third-order valence-electron chi connectivity index (χ3n) is 4.76. The minimum absolute atomic E-state index is 0.0115. The van der Waals surface area contributed by atoms with Crippen molar-refractivity contribution < 1.29 is 0 Å². The SMILES string of the molecule is C1=C(c2ccccc2)N2C(=NN=C(c3ccccc3)[C@@H]2c2ccccc2)S1. The van der Waals surface area contributed by atoms with Crippen LogP contribution in [0.15, 0.2) is 107 Å². The molecule has 2 heterocycles. The topological polar surface area (TPSA) is 28.0 Å². The van der Waals surface area contributed by atoms with E-state index in [1.54, 1.807) is 11.8 Å². The van der Waals surface area contributed by atoms with E-state index in [0.717, 1.165) is 22.1 Å². The number of amidine groups is 1. The van der Waals surface area contributed by atoms with Crippen molar-refractivity contribution in [3.63, 3.8) is 0 Å². The number of fused-ring (bicyclic) bond motifs is 1. The van der Waals surface area contributed by atoms with E-state index in [4.69, 9.17) is 0 Å². The summed E-state index contributed by atoms with van der Waals surface area (Å²) in [5.74, 6) is 0. The van der Waals surface area contributed by atoms with Crippen LogP contribution in [0.25, 0.3) is 5.70 Å². The molecule has 0 N–H and O–H groups in total. The van der Waals surface area contributed by atoms with Gasteiger partial charge in [0.05, 0.1) is 11.4 Å². The lowest BCUT2D eigenvalue weighted by Crippen LogP contribution is -2.37. The second kappa shape index (κ2) is 6.89. The molecule has 0 aliphatic carbocycles. The average molecular weight is 367 g/mol. The van der Waals surface area contributed by atoms with Crippen LogP contribution < -0.4 is 0 Å². The zero-order chi connectivity index (χ0) is 18.1. The fraction of sp³-hybridized carbons (Fsp3) is 0.0435. The fourth-order valence-corrected chi connectivity index (χ4v) is 4.37. The van der Waals surface area contributed by atoms with E-state index in [9.17, 15) is 0 Å². The van der Waals surface area contributed by atoms with Crippen LogP contribution in [0.3, 0.4) is 0 Å². The molecule has 4 heteroatoms. The summed E-state index contributed by atoms with van der Waals surface area (Å²) < 4.78 is 0. The summed E-state index contributed by atoms with van der Waals surface area (Å²) in [6.45, 7) is 0. The van der Waals surface area contributed by atoms with Crippen LogP contribution >= 0.6 is 11.8 Å². The Bertz CT molecular complexity index is 1040. The molecule has 1 atom stereocenters. The Morgan fingerprint density at radius 3 is 1.93 bits per heavy atom. The second-order valence-electron chi connectivity index (χ2n) is 6.40. The molecule has 27 heavy (non-hydrogen) atoms. The molecule has 0 spiro atoms. The van der Waals surface area contributed by atoms with Crippen LogP contribution in [-0.4, -0.2) is 15.8 Å². The normalized spacial score (nSPS) is 18.4. The lowest BCUT2D eigenvalue weighted by Gasteiger charge is -2.34. The summed E-state index contributed by atoms with van der Waals surface area (Å²) in [5, 5.41) is 12.3. The van der Waals surface area contributed by atoms with Gasteiger partial charge in [-0.05, 0) is 11.1 Å². The summed E-state index contributed by atoms with van der Waals surface area (Å²) in [7, 11) is 0. The van der Waals surface area contributed by atoms with E-state index < -0.39 is 0 Å². The van der Waals surface area contributed by atoms with Crippen LogP contribution in [0.4, 0.5) is 0 Å². The summed E-state index contributed by atoms with van der Waals surface area (Å²) >= 11 is 1.63. The highest BCUT2D eigenvalue weighted by Crippen LogP contribution is 2.43. The van der Waals surface area contributed by atoms with Gasteiger partial charge in [0.1, 0.15) is 6.04 Å². The Kier molecular flexibility index (Phi) is 4.11. The van der Waals surface area contributed by atoms with Gasteiger partial charge in [0.2, 0.25) is 0 Å². The van der Waals surface area contributed by atoms with Crippen molar-refractivity contribution in [3.05, 3.63) is 113 Å². The molecule has 130 valence electrons. The van der Waals surface area contributed by atoms with Gasteiger partial charge in [0, 0.05) is 11.0 Å². The van der Waals surface area contributed by atoms with Gasteiger partial charge in [0.25, 0.3) is 0 Å². The molecule has 0 saturated carbocycles. The molecule has 0 amide bonds. The van der Waals surface area contributed by atoms with Crippen LogP contribution in [0.5, 0.6) is 0 Å². The maximum absolute atomic E-state index is 4.64. The van der Waals surface area contributed by atoms with Gasteiger partial charge in [-0.3, -0.25) is 0 Å². The predicted molar refractivity (Wildman–Crippen MR) is 113 cm³/mol. The van der Waals surface area contributed by atoms with Crippen LogP contribution in [0.2, 0.25) is 0 Å². The van der Waals surface area contributed by atoms with Gasteiger partial charge in [0.15, 0.2) is 5.17 Å². The number of rotatable bonds is 3. The highest BCUT2D eigenvalue weighted by atomic mass is 32.2. The van der Waals surface area contributed by atoms with E-state index in [1.165, 1.54) is 11.1 Å². The fourth-order valence-electron chi connectivity index (χ4n) is 3.50. The molecular weight excluding hydrogens is 350 g/mol. The Hall–Kier alpha value is -3.11. The van der Waals surface area contributed by atoms with Gasteiger partial charge < -0.3 is 4.90 Å². The van der Waals surface area contributed by atoms with Crippen molar-refractivity contribution in [2.45, 2.75) is 6.04 Å². The number of thioether (sulfide) groups is 1. The number of nitrogens with zero attached hydrogens (tertiary/aromatic N) is 3. The first-order chi connectivity index (χ1) is 13.4. The van der Waals surface area contributed by atoms with E-state index in [1.807, 2.05) is 30.3 Å². The van der Waals surface area contributed by atoms with Crippen molar-refractivity contribution >= 4 is 28.3 Å². The molecule has 0 saturated heterocycles. The molecule has 0 fully saturated rings. The summed E-state index contributed by atoms with van der Waals surface area (Å²) in [5.41, 5.74) is 5.62. The first kappa shape index (κ1) is 16.1. The molecule has 3 aromatic rings. The Labute approximate surface area is 162 Å². The summed E-state index contributed by atoms with van der Waals surface area (Å²) in [4.78, 5) is 2.31. The lowest BCUT2D eigenvalue weighted by atomic mass is 9.94.